The number of hydrogen-bond acceptors (Lipinski definition) is 1. The van der Waals surface area contributed by atoms with E-state index in [1.165, 1.54) is 50.5 Å². The lowest BCUT2D eigenvalue weighted by Crippen LogP contribution is -2.32. The van der Waals surface area contributed by atoms with Crippen molar-refractivity contribution in [2.24, 2.45) is 0 Å². The highest BCUT2D eigenvalue weighted by molar-refractivity contribution is 9.09. The standard InChI is InChI=1S/C18H24BrFO/c19-13-15(14-4-6-16(20)7-5-14)12-17-8-11-18(21-17)9-2-1-3-10-18/h4-7,15,17H,1-3,8-13H2. The molecule has 1 heterocycles. The van der Waals surface area contributed by atoms with Crippen molar-refractivity contribution in [1.29, 1.82) is 0 Å². The summed E-state index contributed by atoms with van der Waals surface area (Å²) in [6.45, 7) is 0. The Bertz CT molecular complexity index is 453. The van der Waals surface area contributed by atoms with E-state index in [-0.39, 0.29) is 11.4 Å². The Morgan fingerprint density at radius 1 is 1.14 bits per heavy atom. The van der Waals surface area contributed by atoms with Crippen LogP contribution >= 0.6 is 15.9 Å². The number of ether oxygens (including phenoxy) is 1. The van der Waals surface area contributed by atoms with Crippen LogP contribution in [0.5, 0.6) is 0 Å². The smallest absolute Gasteiger partial charge is 0.123 e. The summed E-state index contributed by atoms with van der Waals surface area (Å²) < 4.78 is 19.5. The quantitative estimate of drug-likeness (QED) is 0.641. The average molecular weight is 355 g/mol. The SMILES string of the molecule is Fc1ccc(C(CBr)CC2CCC3(CCCCC3)O2)cc1. The molecule has 0 N–H and O–H groups in total. The Hall–Kier alpha value is -0.410. The van der Waals surface area contributed by atoms with Gasteiger partial charge in [0.05, 0.1) is 11.7 Å². The normalized spacial score (nSPS) is 26.1. The van der Waals surface area contributed by atoms with E-state index in [4.69, 9.17) is 4.74 Å². The first-order valence-corrected chi connectivity index (χ1v) is 9.32. The number of halogens is 2. The van der Waals surface area contributed by atoms with Crippen LogP contribution in [-0.4, -0.2) is 17.0 Å². The fourth-order valence-electron chi connectivity index (χ4n) is 3.97. The van der Waals surface area contributed by atoms with Gasteiger partial charge in [0.15, 0.2) is 0 Å². The molecule has 1 saturated carbocycles. The summed E-state index contributed by atoms with van der Waals surface area (Å²) in [4.78, 5) is 0. The van der Waals surface area contributed by atoms with E-state index < -0.39 is 0 Å². The third-order valence-electron chi connectivity index (χ3n) is 5.18. The highest BCUT2D eigenvalue weighted by Crippen LogP contribution is 2.44. The molecule has 21 heavy (non-hydrogen) atoms. The summed E-state index contributed by atoms with van der Waals surface area (Å²) in [7, 11) is 0. The van der Waals surface area contributed by atoms with Gasteiger partial charge in [-0.1, -0.05) is 47.3 Å². The zero-order valence-corrected chi connectivity index (χ0v) is 14.1. The van der Waals surface area contributed by atoms with Gasteiger partial charge in [-0.05, 0) is 55.7 Å². The van der Waals surface area contributed by atoms with Crippen LogP contribution in [-0.2, 0) is 4.74 Å². The summed E-state index contributed by atoms with van der Waals surface area (Å²) in [6, 6.07) is 6.94. The van der Waals surface area contributed by atoms with Gasteiger partial charge in [-0.15, -0.1) is 0 Å². The van der Waals surface area contributed by atoms with Gasteiger partial charge in [0.25, 0.3) is 0 Å². The molecule has 1 aromatic rings. The molecule has 1 nitrogen and oxygen atoms in total. The molecule has 116 valence electrons. The molecule has 1 aliphatic heterocycles. The first-order valence-electron chi connectivity index (χ1n) is 8.20. The maximum Gasteiger partial charge on any atom is 0.123 e. The summed E-state index contributed by atoms with van der Waals surface area (Å²) in [6.07, 6.45) is 10.3. The lowest BCUT2D eigenvalue weighted by Gasteiger charge is -2.33. The van der Waals surface area contributed by atoms with Crippen LogP contribution in [0.3, 0.4) is 0 Å². The van der Waals surface area contributed by atoms with Gasteiger partial charge >= 0.3 is 0 Å². The average Bonchev–Trinajstić information content (AvgIpc) is 2.89. The highest BCUT2D eigenvalue weighted by Gasteiger charge is 2.41. The van der Waals surface area contributed by atoms with Crippen molar-refractivity contribution in [3.8, 4) is 0 Å². The first kappa shape index (κ1) is 15.5. The van der Waals surface area contributed by atoms with Gasteiger partial charge in [0.2, 0.25) is 0 Å². The van der Waals surface area contributed by atoms with Crippen molar-refractivity contribution in [1.82, 2.24) is 0 Å². The molecule has 2 atom stereocenters. The van der Waals surface area contributed by atoms with Crippen LogP contribution in [0.1, 0.15) is 62.8 Å². The molecular weight excluding hydrogens is 331 g/mol. The molecule has 1 saturated heterocycles. The van der Waals surface area contributed by atoms with Crippen LogP contribution in [0.2, 0.25) is 0 Å². The van der Waals surface area contributed by atoms with Gasteiger partial charge in [0, 0.05) is 5.33 Å². The zero-order chi connectivity index (χ0) is 14.7. The molecule has 1 aliphatic carbocycles. The number of benzene rings is 1. The van der Waals surface area contributed by atoms with E-state index in [1.807, 2.05) is 12.1 Å². The first-order chi connectivity index (χ1) is 10.2. The number of rotatable bonds is 4. The van der Waals surface area contributed by atoms with Crippen molar-refractivity contribution in [3.63, 3.8) is 0 Å². The Kier molecular flexibility index (Phi) is 5.00. The van der Waals surface area contributed by atoms with Crippen LogP contribution in [0.25, 0.3) is 0 Å². The van der Waals surface area contributed by atoms with Gasteiger partial charge in [-0.2, -0.15) is 0 Å². The molecule has 3 heteroatoms. The highest BCUT2D eigenvalue weighted by atomic mass is 79.9. The second kappa shape index (κ2) is 6.78. The second-order valence-electron chi connectivity index (χ2n) is 6.66. The predicted molar refractivity (Wildman–Crippen MR) is 87.5 cm³/mol. The van der Waals surface area contributed by atoms with Gasteiger partial charge in [-0.25, -0.2) is 4.39 Å². The van der Waals surface area contributed by atoms with Crippen molar-refractivity contribution in [2.75, 3.05) is 5.33 Å². The number of alkyl halides is 1. The van der Waals surface area contributed by atoms with Crippen LogP contribution in [0, 0.1) is 5.82 Å². The Labute approximate surface area is 135 Å². The van der Waals surface area contributed by atoms with Crippen molar-refractivity contribution < 1.29 is 9.13 Å². The molecule has 0 amide bonds. The molecule has 0 radical (unpaired) electrons. The number of hydrogen-bond donors (Lipinski definition) is 0. The Morgan fingerprint density at radius 2 is 1.86 bits per heavy atom. The maximum absolute atomic E-state index is 13.1. The summed E-state index contributed by atoms with van der Waals surface area (Å²) in [5.41, 5.74) is 1.41. The minimum atomic E-state index is -0.162. The van der Waals surface area contributed by atoms with Gasteiger partial charge < -0.3 is 4.74 Å². The predicted octanol–water partition coefficient (Wildman–Crippen LogP) is 5.58. The minimum absolute atomic E-state index is 0.162. The summed E-state index contributed by atoms with van der Waals surface area (Å²) >= 11 is 3.62. The lowest BCUT2D eigenvalue weighted by atomic mass is 9.83. The lowest BCUT2D eigenvalue weighted by molar-refractivity contribution is -0.0668. The molecule has 0 aromatic heterocycles. The molecule has 1 spiro atoms. The molecule has 2 aliphatic rings. The molecular formula is C18H24BrFO. The van der Waals surface area contributed by atoms with Gasteiger partial charge in [-0.3, -0.25) is 0 Å². The molecule has 2 unspecified atom stereocenters. The van der Waals surface area contributed by atoms with E-state index in [1.54, 1.807) is 12.1 Å². The molecule has 1 aromatic carbocycles. The fraction of sp³-hybridized carbons (Fsp3) is 0.667. The van der Waals surface area contributed by atoms with Crippen molar-refractivity contribution in [3.05, 3.63) is 35.6 Å². The van der Waals surface area contributed by atoms with Crippen LogP contribution < -0.4 is 0 Å². The Balaban J connectivity index is 1.61. The summed E-state index contributed by atoms with van der Waals surface area (Å²) in [5.74, 6) is 0.250. The van der Waals surface area contributed by atoms with E-state index in [2.05, 4.69) is 15.9 Å². The second-order valence-corrected chi connectivity index (χ2v) is 7.31. The topological polar surface area (TPSA) is 9.23 Å². The fourth-order valence-corrected chi connectivity index (χ4v) is 4.60. The molecule has 0 bridgehead atoms. The van der Waals surface area contributed by atoms with Crippen LogP contribution in [0.4, 0.5) is 4.39 Å². The maximum atomic E-state index is 13.1. The summed E-state index contributed by atoms with van der Waals surface area (Å²) in [5, 5.41) is 0.908. The van der Waals surface area contributed by atoms with E-state index >= 15 is 0 Å². The van der Waals surface area contributed by atoms with Crippen molar-refractivity contribution >= 4 is 15.9 Å². The molecule has 2 fully saturated rings. The van der Waals surface area contributed by atoms with E-state index in [0.29, 0.717) is 12.0 Å². The van der Waals surface area contributed by atoms with E-state index in [0.717, 1.165) is 11.8 Å². The van der Waals surface area contributed by atoms with Crippen molar-refractivity contribution in [2.45, 2.75) is 69.0 Å². The van der Waals surface area contributed by atoms with Gasteiger partial charge in [0.1, 0.15) is 5.82 Å². The zero-order valence-electron chi connectivity index (χ0n) is 12.5. The van der Waals surface area contributed by atoms with Crippen LogP contribution in [0.15, 0.2) is 24.3 Å². The molecule has 3 rings (SSSR count). The minimum Gasteiger partial charge on any atom is -0.372 e. The monoisotopic (exact) mass is 354 g/mol. The largest absolute Gasteiger partial charge is 0.372 e. The van der Waals surface area contributed by atoms with E-state index in [9.17, 15) is 4.39 Å². The third-order valence-corrected chi connectivity index (χ3v) is 5.96. The Morgan fingerprint density at radius 3 is 2.52 bits per heavy atom. The third kappa shape index (κ3) is 3.68.